The van der Waals surface area contributed by atoms with Crippen LogP contribution < -0.4 is 5.63 Å². The molecule has 6 heteroatoms. The Morgan fingerprint density at radius 2 is 2.04 bits per heavy atom. The van der Waals surface area contributed by atoms with Crippen LogP contribution in [0.3, 0.4) is 0 Å². The van der Waals surface area contributed by atoms with Crippen molar-refractivity contribution in [1.82, 2.24) is 9.88 Å². The van der Waals surface area contributed by atoms with E-state index >= 15 is 0 Å². The molecule has 6 nitrogen and oxygen atoms in total. The molecule has 0 fully saturated rings. The molecular weight excluding hydrogens is 356 g/mol. The molecule has 3 rings (SSSR count). The third-order valence-electron chi connectivity index (χ3n) is 4.85. The molecule has 0 aliphatic carbocycles. The fraction of sp³-hybridized carbons (Fsp3) is 0.364. The molecule has 0 saturated carbocycles. The van der Waals surface area contributed by atoms with Crippen LogP contribution in [0.25, 0.3) is 10.9 Å². The van der Waals surface area contributed by atoms with E-state index < -0.39 is 5.63 Å². The highest BCUT2D eigenvalue weighted by Gasteiger charge is 2.20. The number of nitrogens with one attached hydrogen (secondary N) is 1. The Morgan fingerprint density at radius 1 is 1.25 bits per heavy atom. The average molecular weight is 382 g/mol. The Balaban J connectivity index is 1.72. The molecule has 0 spiro atoms. The molecule has 0 aliphatic heterocycles. The molecule has 0 atom stereocenters. The molecule has 0 bridgehead atoms. The Bertz CT molecular complexity index is 1020. The SMILES string of the molecule is CCOCCN(C)C(=O)c1c(C)cc(CCc2c[nH]c3ccccc23)oc1=O. The van der Waals surface area contributed by atoms with Crippen LogP contribution in [0, 0.1) is 6.92 Å². The summed E-state index contributed by atoms with van der Waals surface area (Å²) in [5, 5.41) is 1.17. The number of rotatable bonds is 8. The number of carbonyl (C=O) groups is 1. The highest BCUT2D eigenvalue weighted by Crippen LogP contribution is 2.20. The van der Waals surface area contributed by atoms with E-state index in [0.29, 0.717) is 37.5 Å². The van der Waals surface area contributed by atoms with E-state index in [9.17, 15) is 9.59 Å². The van der Waals surface area contributed by atoms with Crippen molar-refractivity contribution in [3.05, 3.63) is 69.4 Å². The molecule has 2 heterocycles. The molecule has 0 saturated heterocycles. The first kappa shape index (κ1) is 19.9. The first-order chi connectivity index (χ1) is 13.5. The number of benzene rings is 1. The number of nitrogens with zero attached hydrogens (tertiary/aromatic N) is 1. The molecule has 2 aromatic heterocycles. The Labute approximate surface area is 164 Å². The summed E-state index contributed by atoms with van der Waals surface area (Å²) in [6.07, 6.45) is 3.32. The molecule has 1 aromatic carbocycles. The summed E-state index contributed by atoms with van der Waals surface area (Å²) in [7, 11) is 1.66. The van der Waals surface area contributed by atoms with E-state index in [1.54, 1.807) is 20.0 Å². The first-order valence-corrected chi connectivity index (χ1v) is 9.53. The number of carbonyl (C=O) groups excluding carboxylic acids is 1. The van der Waals surface area contributed by atoms with E-state index in [-0.39, 0.29) is 11.5 Å². The van der Waals surface area contributed by atoms with Gasteiger partial charge in [0.1, 0.15) is 11.3 Å². The molecule has 1 N–H and O–H groups in total. The van der Waals surface area contributed by atoms with Crippen LogP contribution in [-0.2, 0) is 17.6 Å². The van der Waals surface area contributed by atoms with Crippen molar-refractivity contribution in [2.45, 2.75) is 26.7 Å². The van der Waals surface area contributed by atoms with Gasteiger partial charge in [-0.3, -0.25) is 4.79 Å². The maximum Gasteiger partial charge on any atom is 0.349 e. The number of ether oxygens (including phenoxy) is 1. The van der Waals surface area contributed by atoms with Crippen LogP contribution >= 0.6 is 0 Å². The highest BCUT2D eigenvalue weighted by molar-refractivity contribution is 5.95. The topological polar surface area (TPSA) is 75.5 Å². The molecule has 148 valence electrons. The average Bonchev–Trinajstić information content (AvgIpc) is 3.09. The number of H-pyrrole nitrogens is 1. The van der Waals surface area contributed by atoms with Gasteiger partial charge in [0.2, 0.25) is 0 Å². The van der Waals surface area contributed by atoms with Crippen LogP contribution in [0.2, 0.25) is 0 Å². The Hall–Kier alpha value is -2.86. The Morgan fingerprint density at radius 3 is 2.79 bits per heavy atom. The smallest absolute Gasteiger partial charge is 0.349 e. The second-order valence-electron chi connectivity index (χ2n) is 6.84. The molecular formula is C22H26N2O4. The maximum absolute atomic E-state index is 12.6. The number of para-hydroxylation sites is 1. The van der Waals surface area contributed by atoms with Gasteiger partial charge in [0, 0.05) is 43.7 Å². The monoisotopic (exact) mass is 382 g/mol. The van der Waals surface area contributed by atoms with Gasteiger partial charge in [-0.15, -0.1) is 0 Å². The number of aromatic nitrogens is 1. The zero-order valence-corrected chi connectivity index (χ0v) is 16.6. The largest absolute Gasteiger partial charge is 0.427 e. The van der Waals surface area contributed by atoms with Crippen molar-refractivity contribution >= 4 is 16.8 Å². The van der Waals surface area contributed by atoms with Gasteiger partial charge >= 0.3 is 5.63 Å². The van der Waals surface area contributed by atoms with Gasteiger partial charge in [-0.25, -0.2) is 4.79 Å². The normalized spacial score (nSPS) is 11.1. The second kappa shape index (κ2) is 8.89. The number of aromatic amines is 1. The van der Waals surface area contributed by atoms with Gasteiger partial charge in [0.25, 0.3) is 5.91 Å². The lowest BCUT2D eigenvalue weighted by Gasteiger charge is -2.17. The Kier molecular flexibility index (Phi) is 6.31. The van der Waals surface area contributed by atoms with E-state index in [2.05, 4.69) is 11.1 Å². The third kappa shape index (κ3) is 4.34. The number of hydrogen-bond acceptors (Lipinski definition) is 4. The standard InChI is InChI=1S/C22H26N2O4/c1-4-27-12-11-24(3)21(25)20-15(2)13-17(28-22(20)26)10-9-16-14-23-19-8-6-5-7-18(16)19/h5-8,13-14,23H,4,9-12H2,1-3H3. The fourth-order valence-corrected chi connectivity index (χ4v) is 3.29. The summed E-state index contributed by atoms with van der Waals surface area (Å²) in [4.78, 5) is 29.8. The molecule has 0 aliphatic rings. The zero-order chi connectivity index (χ0) is 20.1. The van der Waals surface area contributed by atoms with Crippen LogP contribution in [0.4, 0.5) is 0 Å². The van der Waals surface area contributed by atoms with E-state index in [1.807, 2.05) is 31.3 Å². The van der Waals surface area contributed by atoms with Crippen molar-refractivity contribution in [2.24, 2.45) is 0 Å². The predicted molar refractivity (Wildman–Crippen MR) is 109 cm³/mol. The summed E-state index contributed by atoms with van der Waals surface area (Å²) in [5.74, 6) is 0.246. The van der Waals surface area contributed by atoms with Crippen molar-refractivity contribution < 1.29 is 13.9 Å². The van der Waals surface area contributed by atoms with Crippen LogP contribution in [0.15, 0.2) is 45.7 Å². The van der Waals surface area contributed by atoms with Crippen molar-refractivity contribution in [2.75, 3.05) is 26.8 Å². The lowest BCUT2D eigenvalue weighted by atomic mass is 10.1. The van der Waals surface area contributed by atoms with E-state index in [0.717, 1.165) is 11.9 Å². The van der Waals surface area contributed by atoms with Gasteiger partial charge < -0.3 is 19.0 Å². The fourth-order valence-electron chi connectivity index (χ4n) is 3.29. The molecule has 0 radical (unpaired) electrons. The molecule has 28 heavy (non-hydrogen) atoms. The van der Waals surface area contributed by atoms with Gasteiger partial charge in [-0.1, -0.05) is 18.2 Å². The van der Waals surface area contributed by atoms with Gasteiger partial charge in [-0.2, -0.15) is 0 Å². The molecule has 1 amide bonds. The summed E-state index contributed by atoms with van der Waals surface area (Å²) in [6, 6.07) is 9.90. The number of aryl methyl sites for hydroxylation is 3. The van der Waals surface area contributed by atoms with Crippen LogP contribution in [0.1, 0.15) is 34.2 Å². The zero-order valence-electron chi connectivity index (χ0n) is 16.6. The number of amides is 1. The number of fused-ring (bicyclic) bond motifs is 1. The maximum atomic E-state index is 12.6. The van der Waals surface area contributed by atoms with E-state index in [1.165, 1.54) is 15.8 Å². The molecule has 0 unspecified atom stereocenters. The quantitative estimate of drug-likeness (QED) is 0.607. The van der Waals surface area contributed by atoms with Crippen molar-refractivity contribution in [1.29, 1.82) is 0 Å². The first-order valence-electron chi connectivity index (χ1n) is 9.53. The van der Waals surface area contributed by atoms with Crippen LogP contribution in [-0.4, -0.2) is 42.6 Å². The third-order valence-corrected chi connectivity index (χ3v) is 4.85. The van der Waals surface area contributed by atoms with Gasteiger partial charge in [0.05, 0.1) is 6.61 Å². The minimum atomic E-state index is -0.581. The lowest BCUT2D eigenvalue weighted by molar-refractivity contribution is 0.0704. The van der Waals surface area contributed by atoms with Crippen molar-refractivity contribution in [3.63, 3.8) is 0 Å². The predicted octanol–water partition coefficient (Wildman–Crippen LogP) is 3.32. The summed E-state index contributed by atoms with van der Waals surface area (Å²) >= 11 is 0. The van der Waals surface area contributed by atoms with Crippen LogP contribution in [0.5, 0.6) is 0 Å². The summed E-state index contributed by atoms with van der Waals surface area (Å²) < 4.78 is 10.7. The van der Waals surface area contributed by atoms with Gasteiger partial charge in [0.15, 0.2) is 0 Å². The lowest BCUT2D eigenvalue weighted by Crippen LogP contribution is -2.34. The number of likely N-dealkylation sites (N-methyl/N-ethyl adjacent to an activating group) is 1. The number of hydrogen-bond donors (Lipinski definition) is 1. The van der Waals surface area contributed by atoms with E-state index in [4.69, 9.17) is 9.15 Å². The summed E-state index contributed by atoms with van der Waals surface area (Å²) in [5.41, 5.74) is 2.41. The minimum Gasteiger partial charge on any atom is -0.427 e. The minimum absolute atomic E-state index is 0.0924. The summed E-state index contributed by atoms with van der Waals surface area (Å²) in [6.45, 7) is 5.12. The highest BCUT2D eigenvalue weighted by atomic mass is 16.5. The van der Waals surface area contributed by atoms with Crippen molar-refractivity contribution in [3.8, 4) is 0 Å². The van der Waals surface area contributed by atoms with Gasteiger partial charge in [-0.05, 0) is 43.5 Å². The second-order valence-corrected chi connectivity index (χ2v) is 6.84. The molecule has 3 aromatic rings.